The summed E-state index contributed by atoms with van der Waals surface area (Å²) in [6.07, 6.45) is 8.21. The molecule has 0 unspecified atom stereocenters. The Morgan fingerprint density at radius 2 is 1.81 bits per heavy atom. The van der Waals surface area contributed by atoms with Crippen molar-refractivity contribution < 1.29 is 19.1 Å². The SMILES string of the molecule is COC(=O)C1=C(C(=O)OC)N(c2ccc3cnc(Cl)cc3c2)C=CC=C1. The minimum atomic E-state index is -0.658. The van der Waals surface area contributed by atoms with Gasteiger partial charge in [-0.3, -0.25) is 0 Å². The minimum absolute atomic E-state index is 0.0591. The van der Waals surface area contributed by atoms with Gasteiger partial charge in [-0.25, -0.2) is 14.6 Å². The van der Waals surface area contributed by atoms with Crippen LogP contribution in [0, 0.1) is 0 Å². The first kappa shape index (κ1) is 17.7. The van der Waals surface area contributed by atoms with E-state index in [1.807, 2.05) is 18.2 Å². The van der Waals surface area contributed by atoms with Crippen molar-refractivity contribution in [2.24, 2.45) is 0 Å². The van der Waals surface area contributed by atoms with E-state index in [2.05, 4.69) is 4.98 Å². The van der Waals surface area contributed by atoms with E-state index < -0.39 is 11.9 Å². The predicted molar refractivity (Wildman–Crippen MR) is 98.6 cm³/mol. The maximum Gasteiger partial charge on any atom is 0.355 e. The molecule has 0 atom stereocenters. The van der Waals surface area contributed by atoms with Crippen LogP contribution in [0.25, 0.3) is 10.8 Å². The normalized spacial score (nSPS) is 13.7. The number of rotatable bonds is 3. The van der Waals surface area contributed by atoms with Crippen molar-refractivity contribution in [2.45, 2.75) is 0 Å². The van der Waals surface area contributed by atoms with Gasteiger partial charge in [-0.1, -0.05) is 23.7 Å². The summed E-state index contributed by atoms with van der Waals surface area (Å²) < 4.78 is 9.69. The third-order valence-electron chi connectivity index (χ3n) is 3.84. The molecule has 0 bridgehead atoms. The molecule has 1 aliphatic rings. The number of halogens is 1. The van der Waals surface area contributed by atoms with Gasteiger partial charge >= 0.3 is 11.9 Å². The number of carbonyl (C=O) groups is 2. The predicted octanol–water partition coefficient (Wildman–Crippen LogP) is 3.38. The number of pyridine rings is 1. The lowest BCUT2D eigenvalue weighted by Crippen LogP contribution is -2.26. The molecule has 0 saturated carbocycles. The van der Waals surface area contributed by atoms with Crippen molar-refractivity contribution in [1.29, 1.82) is 0 Å². The van der Waals surface area contributed by atoms with E-state index in [1.165, 1.54) is 20.3 Å². The molecular formula is C19H15ClN2O4. The van der Waals surface area contributed by atoms with Crippen molar-refractivity contribution in [3.8, 4) is 0 Å². The number of nitrogens with zero attached hydrogens (tertiary/aromatic N) is 2. The molecule has 0 amide bonds. The van der Waals surface area contributed by atoms with Gasteiger partial charge in [0.05, 0.1) is 19.8 Å². The number of anilines is 1. The minimum Gasteiger partial charge on any atom is -0.465 e. The molecule has 26 heavy (non-hydrogen) atoms. The molecule has 1 aliphatic heterocycles. The molecule has 7 heteroatoms. The fourth-order valence-electron chi connectivity index (χ4n) is 2.62. The third kappa shape index (κ3) is 3.32. The summed E-state index contributed by atoms with van der Waals surface area (Å²) >= 11 is 5.97. The number of methoxy groups -OCH3 is 2. The van der Waals surface area contributed by atoms with E-state index in [1.54, 1.807) is 35.5 Å². The lowest BCUT2D eigenvalue weighted by molar-refractivity contribution is -0.139. The second-order valence-corrected chi connectivity index (χ2v) is 5.74. The van der Waals surface area contributed by atoms with E-state index in [-0.39, 0.29) is 11.3 Å². The zero-order chi connectivity index (χ0) is 18.7. The second kappa shape index (κ2) is 7.41. The Morgan fingerprint density at radius 3 is 2.54 bits per heavy atom. The van der Waals surface area contributed by atoms with Gasteiger partial charge in [0.25, 0.3) is 0 Å². The fourth-order valence-corrected chi connectivity index (χ4v) is 2.78. The molecule has 3 rings (SSSR count). The zero-order valence-corrected chi connectivity index (χ0v) is 14.9. The van der Waals surface area contributed by atoms with Crippen molar-refractivity contribution in [2.75, 3.05) is 19.1 Å². The first-order valence-corrected chi connectivity index (χ1v) is 8.03. The Bertz CT molecular complexity index is 979. The van der Waals surface area contributed by atoms with Crippen LogP contribution in [-0.2, 0) is 19.1 Å². The number of esters is 2. The zero-order valence-electron chi connectivity index (χ0n) is 14.1. The van der Waals surface area contributed by atoms with E-state index in [0.29, 0.717) is 10.8 Å². The number of ether oxygens (including phenoxy) is 2. The van der Waals surface area contributed by atoms with Gasteiger partial charge in [-0.2, -0.15) is 0 Å². The van der Waals surface area contributed by atoms with Crippen LogP contribution in [0.5, 0.6) is 0 Å². The van der Waals surface area contributed by atoms with E-state index in [9.17, 15) is 9.59 Å². The summed E-state index contributed by atoms with van der Waals surface area (Å²) in [7, 11) is 2.51. The Balaban J connectivity index is 2.20. The Hall–Kier alpha value is -3.12. The quantitative estimate of drug-likeness (QED) is 0.609. The van der Waals surface area contributed by atoms with Gasteiger partial charge in [0.1, 0.15) is 10.9 Å². The lowest BCUT2D eigenvalue weighted by atomic mass is 10.1. The van der Waals surface area contributed by atoms with Crippen molar-refractivity contribution >= 4 is 40.0 Å². The van der Waals surface area contributed by atoms with Gasteiger partial charge in [-0.05, 0) is 35.7 Å². The van der Waals surface area contributed by atoms with E-state index in [0.717, 1.165) is 10.8 Å². The molecule has 0 aliphatic carbocycles. The topological polar surface area (TPSA) is 68.7 Å². The third-order valence-corrected chi connectivity index (χ3v) is 4.05. The molecule has 2 heterocycles. The molecule has 1 aromatic heterocycles. The summed E-state index contributed by atoms with van der Waals surface area (Å²) in [5.74, 6) is -1.29. The molecule has 0 saturated heterocycles. The first-order valence-electron chi connectivity index (χ1n) is 7.65. The van der Waals surface area contributed by atoms with Crippen LogP contribution >= 0.6 is 11.6 Å². The summed E-state index contributed by atoms with van der Waals surface area (Å²) in [4.78, 5) is 30.2. The highest BCUT2D eigenvalue weighted by Gasteiger charge is 2.27. The summed E-state index contributed by atoms with van der Waals surface area (Å²) in [5, 5.41) is 2.10. The molecule has 2 aromatic rings. The molecule has 0 spiro atoms. The number of aromatic nitrogens is 1. The molecule has 132 valence electrons. The average Bonchev–Trinajstić information content (AvgIpc) is 2.89. The summed E-state index contributed by atoms with van der Waals surface area (Å²) in [6, 6.07) is 7.23. The van der Waals surface area contributed by atoms with Crippen LogP contribution in [0.1, 0.15) is 0 Å². The Labute approximate surface area is 155 Å². The molecule has 0 N–H and O–H groups in total. The van der Waals surface area contributed by atoms with Gasteiger partial charge in [-0.15, -0.1) is 0 Å². The van der Waals surface area contributed by atoms with Crippen LogP contribution in [0.2, 0.25) is 5.15 Å². The first-order chi connectivity index (χ1) is 12.5. The molecular weight excluding hydrogens is 356 g/mol. The maximum absolute atomic E-state index is 12.4. The smallest absolute Gasteiger partial charge is 0.355 e. The molecule has 6 nitrogen and oxygen atoms in total. The van der Waals surface area contributed by atoms with Gasteiger partial charge in [0.2, 0.25) is 0 Å². The van der Waals surface area contributed by atoms with E-state index in [4.69, 9.17) is 21.1 Å². The van der Waals surface area contributed by atoms with Crippen LogP contribution < -0.4 is 4.90 Å². The van der Waals surface area contributed by atoms with Gasteiger partial charge in [0.15, 0.2) is 0 Å². The molecule has 0 fully saturated rings. The number of benzene rings is 1. The Morgan fingerprint density at radius 1 is 1.04 bits per heavy atom. The van der Waals surface area contributed by atoms with Crippen LogP contribution in [0.3, 0.4) is 0 Å². The second-order valence-electron chi connectivity index (χ2n) is 5.35. The number of fused-ring (bicyclic) bond motifs is 1. The van der Waals surface area contributed by atoms with Crippen molar-refractivity contribution in [3.63, 3.8) is 0 Å². The van der Waals surface area contributed by atoms with Gasteiger partial charge in [0, 0.05) is 23.5 Å². The highest BCUT2D eigenvalue weighted by atomic mass is 35.5. The standard InChI is InChI=1S/C19H15ClN2O4/c1-25-18(23)15-5-3-4-8-22(17(15)19(24)26-2)14-7-6-12-11-21-16(20)10-13(12)9-14/h3-11H,1-2H3. The summed E-state index contributed by atoms with van der Waals surface area (Å²) in [6.45, 7) is 0. The summed E-state index contributed by atoms with van der Waals surface area (Å²) in [5.41, 5.74) is 0.808. The van der Waals surface area contributed by atoms with Crippen LogP contribution in [-0.4, -0.2) is 31.1 Å². The molecule has 0 radical (unpaired) electrons. The number of allylic oxidation sites excluding steroid dienone is 2. The van der Waals surface area contributed by atoms with Crippen molar-refractivity contribution in [1.82, 2.24) is 4.98 Å². The number of carbonyl (C=O) groups excluding carboxylic acids is 2. The number of hydrogen-bond donors (Lipinski definition) is 0. The fraction of sp³-hybridized carbons (Fsp3) is 0.105. The average molecular weight is 371 g/mol. The largest absolute Gasteiger partial charge is 0.465 e. The van der Waals surface area contributed by atoms with Crippen molar-refractivity contribution in [3.05, 3.63) is 71.3 Å². The van der Waals surface area contributed by atoms with E-state index >= 15 is 0 Å². The van der Waals surface area contributed by atoms with Crippen LogP contribution in [0.4, 0.5) is 5.69 Å². The maximum atomic E-state index is 12.4. The lowest BCUT2D eigenvalue weighted by Gasteiger charge is -2.23. The monoisotopic (exact) mass is 370 g/mol. The highest BCUT2D eigenvalue weighted by molar-refractivity contribution is 6.30. The Kier molecular flexibility index (Phi) is 5.04. The van der Waals surface area contributed by atoms with Gasteiger partial charge < -0.3 is 14.4 Å². The highest BCUT2D eigenvalue weighted by Crippen LogP contribution is 2.29. The number of hydrogen-bond acceptors (Lipinski definition) is 6. The van der Waals surface area contributed by atoms with Crippen LogP contribution in [0.15, 0.2) is 66.2 Å². The molecule has 1 aromatic carbocycles.